The van der Waals surface area contributed by atoms with Gasteiger partial charge in [-0.2, -0.15) is 5.26 Å². The zero-order valence-electron chi connectivity index (χ0n) is 7.29. The van der Waals surface area contributed by atoms with Gasteiger partial charge in [-0.05, 0) is 13.8 Å². The number of hydrogen-bond acceptors (Lipinski definition) is 4. The first-order valence-corrected chi connectivity index (χ1v) is 3.36. The van der Waals surface area contributed by atoms with Crippen LogP contribution in [-0.2, 0) is 4.84 Å². The van der Waals surface area contributed by atoms with Crippen LogP contribution in [0.25, 0.3) is 0 Å². The molecule has 0 atom stereocenters. The van der Waals surface area contributed by atoms with Gasteiger partial charge in [-0.15, -0.1) is 0 Å². The fourth-order valence-corrected chi connectivity index (χ4v) is 0.280. The molecule has 0 saturated carbocycles. The highest BCUT2D eigenvalue weighted by atomic mass is 16.7. The van der Waals surface area contributed by atoms with Crippen molar-refractivity contribution in [2.24, 2.45) is 10.6 Å². The number of hydrogen-bond donors (Lipinski definition) is 1. The molecule has 5 nitrogen and oxygen atoms in total. The Hall–Kier alpha value is -1.57. The van der Waals surface area contributed by atoms with Crippen LogP contribution < -0.4 is 5.32 Å². The Morgan fingerprint density at radius 1 is 1.75 bits per heavy atom. The molecule has 12 heavy (non-hydrogen) atoms. The SMILES string of the molecule is CNC(=O)ON=CC(C)(C)C#N. The lowest BCUT2D eigenvalue weighted by Crippen LogP contribution is -2.18. The van der Waals surface area contributed by atoms with Crippen LogP contribution in [0.5, 0.6) is 0 Å². The highest BCUT2D eigenvalue weighted by Crippen LogP contribution is 2.08. The van der Waals surface area contributed by atoms with E-state index in [1.54, 1.807) is 13.8 Å². The van der Waals surface area contributed by atoms with Crippen LogP contribution in [-0.4, -0.2) is 19.4 Å². The van der Waals surface area contributed by atoms with Crippen LogP contribution in [0, 0.1) is 16.7 Å². The smallest absolute Gasteiger partial charge is 0.323 e. The molecule has 0 heterocycles. The minimum atomic E-state index is -0.714. The van der Waals surface area contributed by atoms with Gasteiger partial charge in [-0.25, -0.2) is 4.79 Å². The zero-order valence-corrected chi connectivity index (χ0v) is 7.29. The molecule has 66 valence electrons. The summed E-state index contributed by atoms with van der Waals surface area (Å²) in [5, 5.41) is 14.1. The van der Waals surface area contributed by atoms with Crippen molar-refractivity contribution in [1.29, 1.82) is 5.26 Å². The highest BCUT2D eigenvalue weighted by molar-refractivity contribution is 5.71. The van der Waals surface area contributed by atoms with E-state index in [1.807, 2.05) is 6.07 Å². The third-order valence-electron chi connectivity index (χ3n) is 1.00. The molecule has 0 radical (unpaired) electrons. The molecule has 0 rings (SSSR count). The molecule has 0 aliphatic heterocycles. The Kier molecular flexibility index (Phi) is 3.77. The van der Waals surface area contributed by atoms with Gasteiger partial charge in [0.2, 0.25) is 0 Å². The van der Waals surface area contributed by atoms with Crippen molar-refractivity contribution in [2.45, 2.75) is 13.8 Å². The van der Waals surface area contributed by atoms with E-state index in [2.05, 4.69) is 15.3 Å². The van der Waals surface area contributed by atoms with Gasteiger partial charge in [0.1, 0.15) is 0 Å². The highest BCUT2D eigenvalue weighted by Gasteiger charge is 2.13. The lowest BCUT2D eigenvalue weighted by molar-refractivity contribution is 0.153. The van der Waals surface area contributed by atoms with Crippen LogP contribution in [0.4, 0.5) is 4.79 Å². The first-order chi connectivity index (χ1) is 5.52. The minimum Gasteiger partial charge on any atom is -0.323 e. The predicted molar refractivity (Wildman–Crippen MR) is 43.4 cm³/mol. The second-order valence-corrected chi connectivity index (χ2v) is 2.70. The van der Waals surface area contributed by atoms with E-state index >= 15 is 0 Å². The number of rotatable bonds is 2. The molecule has 5 heteroatoms. The molecule has 0 bridgehead atoms. The zero-order chi connectivity index (χ0) is 9.61. The van der Waals surface area contributed by atoms with Crippen molar-refractivity contribution in [3.05, 3.63) is 0 Å². The quantitative estimate of drug-likeness (QED) is 0.378. The number of nitrogens with zero attached hydrogens (tertiary/aromatic N) is 2. The predicted octanol–water partition coefficient (Wildman–Crippen LogP) is 0.878. The van der Waals surface area contributed by atoms with Crippen molar-refractivity contribution >= 4 is 12.3 Å². The van der Waals surface area contributed by atoms with E-state index in [0.29, 0.717) is 0 Å². The fourth-order valence-electron chi connectivity index (χ4n) is 0.280. The summed E-state index contributed by atoms with van der Waals surface area (Å²) < 4.78 is 0. The Labute approximate surface area is 71.0 Å². The second-order valence-electron chi connectivity index (χ2n) is 2.70. The monoisotopic (exact) mass is 169 g/mol. The summed E-state index contributed by atoms with van der Waals surface area (Å²) in [6.45, 7) is 3.31. The van der Waals surface area contributed by atoms with E-state index in [4.69, 9.17) is 5.26 Å². The summed E-state index contributed by atoms with van der Waals surface area (Å²) in [7, 11) is 1.42. The largest absolute Gasteiger partial charge is 0.433 e. The van der Waals surface area contributed by atoms with Gasteiger partial charge in [0.05, 0.1) is 17.7 Å². The third kappa shape index (κ3) is 4.28. The van der Waals surface area contributed by atoms with Crippen molar-refractivity contribution in [3.8, 4) is 6.07 Å². The molecule has 0 aliphatic carbocycles. The van der Waals surface area contributed by atoms with Gasteiger partial charge < -0.3 is 5.32 Å². The molecular weight excluding hydrogens is 158 g/mol. The van der Waals surface area contributed by atoms with Gasteiger partial charge in [0, 0.05) is 7.05 Å². The average Bonchev–Trinajstić information content (AvgIpc) is 2.04. The molecule has 0 spiro atoms. The average molecular weight is 169 g/mol. The van der Waals surface area contributed by atoms with Crippen molar-refractivity contribution in [1.82, 2.24) is 5.32 Å². The molecule has 1 amide bonds. The Morgan fingerprint density at radius 2 is 2.33 bits per heavy atom. The molecule has 1 N–H and O–H groups in total. The van der Waals surface area contributed by atoms with Gasteiger partial charge >= 0.3 is 6.09 Å². The van der Waals surface area contributed by atoms with Gasteiger partial charge in [0.25, 0.3) is 0 Å². The number of oxime groups is 1. The molecule has 0 aromatic rings. The van der Waals surface area contributed by atoms with Gasteiger partial charge in [0.15, 0.2) is 0 Å². The summed E-state index contributed by atoms with van der Waals surface area (Å²) in [5.41, 5.74) is -0.714. The molecule has 0 aliphatic rings. The second kappa shape index (κ2) is 4.34. The summed E-state index contributed by atoms with van der Waals surface area (Å²) >= 11 is 0. The van der Waals surface area contributed by atoms with Crippen molar-refractivity contribution in [2.75, 3.05) is 7.05 Å². The van der Waals surface area contributed by atoms with Crippen LogP contribution in [0.3, 0.4) is 0 Å². The molecule has 0 fully saturated rings. The summed E-state index contributed by atoms with van der Waals surface area (Å²) in [4.78, 5) is 14.8. The molecule has 0 saturated heterocycles. The van der Waals surface area contributed by atoms with E-state index in [0.717, 1.165) is 0 Å². The maximum atomic E-state index is 10.5. The van der Waals surface area contributed by atoms with E-state index < -0.39 is 11.5 Å². The first kappa shape index (κ1) is 10.4. The maximum absolute atomic E-state index is 10.5. The number of nitrogens with one attached hydrogen (secondary N) is 1. The number of nitriles is 1. The van der Waals surface area contributed by atoms with Crippen LogP contribution in [0.15, 0.2) is 5.16 Å². The standard InChI is InChI=1S/C7H11N3O2/c1-7(2,4-8)5-10-12-6(11)9-3/h5H,1-3H3,(H,9,11). The minimum absolute atomic E-state index is 0.653. The topological polar surface area (TPSA) is 74.5 Å². The Morgan fingerprint density at radius 3 is 2.75 bits per heavy atom. The normalized spacial score (nSPS) is 10.8. The summed E-state index contributed by atoms with van der Waals surface area (Å²) in [5.74, 6) is 0. The van der Waals surface area contributed by atoms with Gasteiger partial charge in [-0.3, -0.25) is 4.84 Å². The summed E-state index contributed by atoms with van der Waals surface area (Å²) in [6, 6.07) is 1.97. The number of amides is 1. The lowest BCUT2D eigenvalue weighted by Gasteiger charge is -2.04. The van der Waals surface area contributed by atoms with Crippen molar-refractivity contribution < 1.29 is 9.63 Å². The molecule has 0 aromatic heterocycles. The molecular formula is C7H11N3O2. The molecule has 0 aromatic carbocycles. The van der Waals surface area contributed by atoms with Crippen LogP contribution in [0.1, 0.15) is 13.8 Å². The van der Waals surface area contributed by atoms with E-state index in [1.165, 1.54) is 13.3 Å². The number of carbonyl (C=O) groups excluding carboxylic acids is 1. The Balaban J connectivity index is 3.94. The molecule has 0 unspecified atom stereocenters. The number of carbonyl (C=O) groups is 1. The first-order valence-electron chi connectivity index (χ1n) is 3.36. The third-order valence-corrected chi connectivity index (χ3v) is 1.00. The lowest BCUT2D eigenvalue weighted by atomic mass is 9.98. The van der Waals surface area contributed by atoms with E-state index in [-0.39, 0.29) is 0 Å². The van der Waals surface area contributed by atoms with Crippen molar-refractivity contribution in [3.63, 3.8) is 0 Å². The van der Waals surface area contributed by atoms with E-state index in [9.17, 15) is 4.79 Å². The fraction of sp³-hybridized carbons (Fsp3) is 0.571. The summed E-state index contributed by atoms with van der Waals surface area (Å²) in [6.07, 6.45) is 0.613. The van der Waals surface area contributed by atoms with Crippen LogP contribution in [0.2, 0.25) is 0 Å². The maximum Gasteiger partial charge on any atom is 0.433 e. The Bertz CT molecular complexity index is 227. The van der Waals surface area contributed by atoms with Gasteiger partial charge in [-0.1, -0.05) is 5.16 Å². The van der Waals surface area contributed by atoms with Crippen LogP contribution >= 0.6 is 0 Å².